The highest BCUT2D eigenvalue weighted by Crippen LogP contribution is 2.06. The largest absolute Gasteiger partial charge is 0.417 e. The molecule has 7 heteroatoms. The number of rotatable bonds is 1. The molecule has 0 bridgehead atoms. The third-order valence-electron chi connectivity index (χ3n) is 1.98. The molecule has 7 nitrogen and oxygen atoms in total. The third-order valence-corrected chi connectivity index (χ3v) is 1.98. The zero-order valence-electron chi connectivity index (χ0n) is 10.5. The van der Waals surface area contributed by atoms with Crippen LogP contribution in [0.1, 0.15) is 20.8 Å². The van der Waals surface area contributed by atoms with Gasteiger partial charge in [-0.25, -0.2) is 4.79 Å². The predicted molar refractivity (Wildman–Crippen MR) is 63.4 cm³/mol. The monoisotopic (exact) mass is 244 g/mol. The van der Waals surface area contributed by atoms with Crippen molar-refractivity contribution in [2.75, 3.05) is 26.2 Å². The molecule has 1 aliphatic heterocycles. The predicted octanol–water partition coefficient (Wildman–Crippen LogP) is 0.0730. The first-order chi connectivity index (χ1) is 7.88. The van der Waals surface area contributed by atoms with Crippen molar-refractivity contribution in [1.29, 1.82) is 0 Å². The van der Waals surface area contributed by atoms with E-state index in [0.717, 1.165) is 13.1 Å². The van der Waals surface area contributed by atoms with Gasteiger partial charge in [0.1, 0.15) is 5.60 Å². The summed E-state index contributed by atoms with van der Waals surface area (Å²) >= 11 is 0. The zero-order chi connectivity index (χ0) is 12.9. The SMILES string of the molecule is CC(C)(C)ON=C(N)OC(=O)N1CCNCC1. The summed E-state index contributed by atoms with van der Waals surface area (Å²) in [6, 6.07) is -0.275. The van der Waals surface area contributed by atoms with Gasteiger partial charge in [-0.15, -0.1) is 0 Å². The minimum absolute atomic E-state index is 0.275. The van der Waals surface area contributed by atoms with Crippen molar-refractivity contribution in [2.45, 2.75) is 26.4 Å². The van der Waals surface area contributed by atoms with Gasteiger partial charge in [-0.2, -0.15) is 0 Å². The molecule has 1 aliphatic rings. The van der Waals surface area contributed by atoms with Crippen LogP contribution in [0.15, 0.2) is 5.16 Å². The molecular weight excluding hydrogens is 224 g/mol. The van der Waals surface area contributed by atoms with Gasteiger partial charge in [-0.1, -0.05) is 0 Å². The Kier molecular flexibility index (Phi) is 4.56. The van der Waals surface area contributed by atoms with E-state index in [1.165, 1.54) is 0 Å². The number of ether oxygens (including phenoxy) is 1. The van der Waals surface area contributed by atoms with Crippen LogP contribution in [0.4, 0.5) is 4.79 Å². The first kappa shape index (κ1) is 13.6. The van der Waals surface area contributed by atoms with Crippen LogP contribution in [-0.2, 0) is 9.57 Å². The van der Waals surface area contributed by atoms with Gasteiger partial charge in [0, 0.05) is 26.2 Å². The van der Waals surface area contributed by atoms with Crippen molar-refractivity contribution >= 4 is 12.1 Å². The molecule has 0 saturated carbocycles. The Balaban J connectivity index is 2.39. The smallest absolute Gasteiger partial charge is 0.386 e. The van der Waals surface area contributed by atoms with Crippen molar-refractivity contribution in [3.05, 3.63) is 0 Å². The molecule has 0 unspecified atom stereocenters. The minimum atomic E-state index is -0.495. The number of oxime groups is 1. The second-order valence-corrected chi connectivity index (χ2v) is 4.74. The molecule has 98 valence electrons. The molecule has 0 aromatic carbocycles. The highest BCUT2D eigenvalue weighted by atomic mass is 16.7. The molecule has 1 rings (SSSR count). The summed E-state index contributed by atoms with van der Waals surface area (Å²) < 4.78 is 4.85. The fourth-order valence-corrected chi connectivity index (χ4v) is 1.20. The lowest BCUT2D eigenvalue weighted by atomic mass is 10.2. The van der Waals surface area contributed by atoms with Crippen molar-refractivity contribution in [3.8, 4) is 0 Å². The van der Waals surface area contributed by atoms with Crippen molar-refractivity contribution in [3.63, 3.8) is 0 Å². The molecule has 0 aliphatic carbocycles. The van der Waals surface area contributed by atoms with E-state index in [1.54, 1.807) is 4.90 Å². The van der Waals surface area contributed by atoms with Crippen LogP contribution in [0.5, 0.6) is 0 Å². The molecular formula is C10H20N4O3. The van der Waals surface area contributed by atoms with E-state index in [-0.39, 0.29) is 6.02 Å². The Morgan fingerprint density at radius 2 is 1.94 bits per heavy atom. The summed E-state index contributed by atoms with van der Waals surface area (Å²) in [6.07, 6.45) is -0.495. The molecule has 0 spiro atoms. The fraction of sp³-hybridized carbons (Fsp3) is 0.800. The second kappa shape index (κ2) is 5.72. The maximum Gasteiger partial charge on any atom is 0.417 e. The van der Waals surface area contributed by atoms with Gasteiger partial charge in [0.25, 0.3) is 0 Å². The average Bonchev–Trinajstić information content (AvgIpc) is 2.27. The first-order valence-corrected chi connectivity index (χ1v) is 5.57. The number of amides is 1. The molecule has 3 N–H and O–H groups in total. The Hall–Kier alpha value is -1.50. The normalized spacial score (nSPS) is 17.8. The van der Waals surface area contributed by atoms with E-state index in [4.69, 9.17) is 15.3 Å². The van der Waals surface area contributed by atoms with Crippen LogP contribution >= 0.6 is 0 Å². The van der Waals surface area contributed by atoms with Crippen LogP contribution in [0.2, 0.25) is 0 Å². The number of nitrogens with zero attached hydrogens (tertiary/aromatic N) is 2. The lowest BCUT2D eigenvalue weighted by Gasteiger charge is -2.26. The summed E-state index contributed by atoms with van der Waals surface area (Å²) in [5.74, 6) is 0. The second-order valence-electron chi connectivity index (χ2n) is 4.74. The zero-order valence-corrected chi connectivity index (χ0v) is 10.5. The summed E-state index contributed by atoms with van der Waals surface area (Å²) in [6.45, 7) is 8.18. The van der Waals surface area contributed by atoms with Crippen LogP contribution in [0.25, 0.3) is 0 Å². The molecule has 0 aromatic heterocycles. The van der Waals surface area contributed by atoms with Gasteiger partial charge in [0.05, 0.1) is 0 Å². The van der Waals surface area contributed by atoms with Gasteiger partial charge in [-0.05, 0) is 25.9 Å². The molecule has 17 heavy (non-hydrogen) atoms. The third kappa shape index (κ3) is 5.39. The number of carbonyl (C=O) groups excluding carboxylic acids is 1. The number of carbonyl (C=O) groups is 1. The van der Waals surface area contributed by atoms with Crippen LogP contribution in [0, 0.1) is 0 Å². The fourth-order valence-electron chi connectivity index (χ4n) is 1.20. The summed E-state index contributed by atoms with van der Waals surface area (Å²) in [7, 11) is 0. The maximum absolute atomic E-state index is 11.6. The topological polar surface area (TPSA) is 89.2 Å². The Morgan fingerprint density at radius 1 is 1.35 bits per heavy atom. The number of amidine groups is 1. The van der Waals surface area contributed by atoms with Crippen LogP contribution in [-0.4, -0.2) is 48.8 Å². The molecule has 1 amide bonds. The van der Waals surface area contributed by atoms with E-state index in [0.29, 0.717) is 13.1 Å². The number of nitrogens with two attached hydrogens (primary N) is 1. The van der Waals surface area contributed by atoms with Gasteiger partial charge < -0.3 is 25.5 Å². The van der Waals surface area contributed by atoms with Gasteiger partial charge in [0.2, 0.25) is 0 Å². The lowest BCUT2D eigenvalue weighted by Crippen LogP contribution is -2.47. The first-order valence-electron chi connectivity index (χ1n) is 5.57. The van der Waals surface area contributed by atoms with Gasteiger partial charge >= 0.3 is 12.1 Å². The average molecular weight is 244 g/mol. The van der Waals surface area contributed by atoms with Crippen LogP contribution in [0.3, 0.4) is 0 Å². The van der Waals surface area contributed by atoms with E-state index in [1.807, 2.05) is 20.8 Å². The summed E-state index contributed by atoms with van der Waals surface area (Å²) in [5, 5.41) is 6.67. The van der Waals surface area contributed by atoms with Gasteiger partial charge in [0.15, 0.2) is 0 Å². The van der Waals surface area contributed by atoms with E-state index in [2.05, 4.69) is 10.5 Å². The molecule has 1 saturated heterocycles. The Bertz CT molecular complexity index is 292. The number of hydrogen-bond acceptors (Lipinski definition) is 5. The minimum Gasteiger partial charge on any atom is -0.386 e. The van der Waals surface area contributed by atoms with Crippen molar-refractivity contribution in [2.24, 2.45) is 10.9 Å². The molecule has 0 radical (unpaired) electrons. The van der Waals surface area contributed by atoms with E-state index < -0.39 is 11.7 Å². The summed E-state index contributed by atoms with van der Waals surface area (Å²) in [4.78, 5) is 18.2. The van der Waals surface area contributed by atoms with Crippen molar-refractivity contribution in [1.82, 2.24) is 10.2 Å². The van der Waals surface area contributed by atoms with Crippen molar-refractivity contribution < 1.29 is 14.4 Å². The van der Waals surface area contributed by atoms with E-state index in [9.17, 15) is 4.79 Å². The van der Waals surface area contributed by atoms with Gasteiger partial charge in [-0.3, -0.25) is 0 Å². The quantitative estimate of drug-likeness (QED) is 0.387. The standard InChI is InChI=1S/C10H20N4O3/c1-10(2,3)17-13-8(11)16-9(15)14-6-4-12-5-7-14/h12H,4-7H2,1-3H3,(H2,11,13). The molecule has 1 heterocycles. The molecule has 0 atom stereocenters. The molecule has 0 aromatic rings. The summed E-state index contributed by atoms with van der Waals surface area (Å²) in [5.41, 5.74) is 4.96. The number of piperazine rings is 1. The van der Waals surface area contributed by atoms with Crippen LogP contribution < -0.4 is 11.1 Å². The van der Waals surface area contributed by atoms with E-state index >= 15 is 0 Å². The maximum atomic E-state index is 11.6. The highest BCUT2D eigenvalue weighted by molar-refractivity contribution is 5.85. The highest BCUT2D eigenvalue weighted by Gasteiger charge is 2.19. The number of nitrogens with one attached hydrogen (secondary N) is 1. The lowest BCUT2D eigenvalue weighted by molar-refractivity contribution is -0.00344. The Morgan fingerprint density at radius 3 is 2.47 bits per heavy atom. The number of hydrogen-bond donors (Lipinski definition) is 2. The molecule has 1 fully saturated rings. The Labute approximate surface area is 101 Å².